The third-order valence-electron chi connectivity index (χ3n) is 5.14. The SMILES string of the molecule is Cc1ccc([S@@](=O)C2=C(c3ccccn3)OC(N)=C(C#N)[C@@H]2c2ccc([N+](=O)[O-])cc2)cc1. The van der Waals surface area contributed by atoms with Crippen LogP contribution in [0.5, 0.6) is 0 Å². The molecule has 0 unspecified atom stereocenters. The number of aryl methyl sites for hydroxylation is 1. The predicted octanol–water partition coefficient (Wildman–Crippen LogP) is 4.28. The highest BCUT2D eigenvalue weighted by molar-refractivity contribution is 7.89. The van der Waals surface area contributed by atoms with Gasteiger partial charge in [-0.25, -0.2) is 4.21 Å². The molecule has 1 aliphatic rings. The quantitative estimate of drug-likeness (QED) is 0.446. The molecule has 2 aromatic carbocycles. The molecule has 0 radical (unpaired) electrons. The van der Waals surface area contributed by atoms with Crippen molar-refractivity contribution in [1.29, 1.82) is 5.26 Å². The van der Waals surface area contributed by atoms with E-state index in [1.807, 2.05) is 19.1 Å². The lowest BCUT2D eigenvalue weighted by molar-refractivity contribution is -0.384. The standard InChI is InChI=1S/C24H18N4O4S/c1-15-5-11-18(12-6-15)33(31)23-21(16-7-9-17(10-8-16)28(29)30)19(14-25)24(26)32-22(23)20-4-2-3-13-27-20/h2-13,21H,26H2,1H3/t21-,33+/m0/s1. The second-order valence-corrected chi connectivity index (χ2v) is 8.71. The minimum Gasteiger partial charge on any atom is -0.437 e. The van der Waals surface area contributed by atoms with Crippen LogP contribution in [-0.2, 0) is 15.5 Å². The molecule has 9 heteroatoms. The van der Waals surface area contributed by atoms with E-state index in [2.05, 4.69) is 11.1 Å². The zero-order valence-corrected chi connectivity index (χ0v) is 18.3. The maximum Gasteiger partial charge on any atom is 0.269 e. The molecule has 8 nitrogen and oxygen atoms in total. The van der Waals surface area contributed by atoms with Crippen LogP contribution < -0.4 is 5.73 Å². The molecule has 2 N–H and O–H groups in total. The summed E-state index contributed by atoms with van der Waals surface area (Å²) in [7, 11) is -1.75. The molecule has 0 amide bonds. The third kappa shape index (κ3) is 4.24. The fourth-order valence-electron chi connectivity index (χ4n) is 3.50. The molecular formula is C24H18N4O4S. The van der Waals surface area contributed by atoms with Crippen LogP contribution in [0.2, 0.25) is 0 Å². The first-order valence-corrected chi connectivity index (χ1v) is 11.0. The van der Waals surface area contributed by atoms with Gasteiger partial charge in [-0.15, -0.1) is 0 Å². The average Bonchev–Trinajstić information content (AvgIpc) is 2.84. The number of pyridine rings is 1. The third-order valence-corrected chi connectivity index (χ3v) is 6.66. The van der Waals surface area contributed by atoms with Crippen molar-refractivity contribution in [2.75, 3.05) is 0 Å². The summed E-state index contributed by atoms with van der Waals surface area (Å²) in [5.74, 6) is -0.788. The molecule has 0 bridgehead atoms. The van der Waals surface area contributed by atoms with E-state index < -0.39 is 21.6 Å². The van der Waals surface area contributed by atoms with Gasteiger partial charge in [0.05, 0.1) is 26.5 Å². The van der Waals surface area contributed by atoms with Crippen molar-refractivity contribution in [2.45, 2.75) is 17.7 Å². The minimum absolute atomic E-state index is 0.0685. The molecular weight excluding hydrogens is 440 g/mol. The van der Waals surface area contributed by atoms with Gasteiger partial charge in [-0.3, -0.25) is 15.1 Å². The summed E-state index contributed by atoms with van der Waals surface area (Å²) in [4.78, 5) is 15.7. The van der Waals surface area contributed by atoms with Gasteiger partial charge in [0.15, 0.2) is 5.76 Å². The van der Waals surface area contributed by atoms with Crippen LogP contribution in [0.4, 0.5) is 5.69 Å². The van der Waals surface area contributed by atoms with E-state index in [0.717, 1.165) is 5.56 Å². The van der Waals surface area contributed by atoms with Crippen molar-refractivity contribution in [2.24, 2.45) is 5.73 Å². The van der Waals surface area contributed by atoms with E-state index in [4.69, 9.17) is 10.5 Å². The van der Waals surface area contributed by atoms with Gasteiger partial charge in [0.2, 0.25) is 5.88 Å². The van der Waals surface area contributed by atoms with E-state index in [1.54, 1.807) is 36.5 Å². The van der Waals surface area contributed by atoms with Crippen LogP contribution in [-0.4, -0.2) is 14.1 Å². The number of rotatable bonds is 5. The fourth-order valence-corrected chi connectivity index (χ4v) is 4.92. The molecule has 4 rings (SSSR count). The second kappa shape index (κ2) is 9.06. The number of nitro benzene ring substituents is 1. The van der Waals surface area contributed by atoms with E-state index >= 15 is 0 Å². The molecule has 1 aliphatic heterocycles. The van der Waals surface area contributed by atoms with Crippen LogP contribution in [0.3, 0.4) is 0 Å². The minimum atomic E-state index is -1.75. The number of nitrogens with zero attached hydrogens (tertiary/aromatic N) is 3. The van der Waals surface area contributed by atoms with Crippen LogP contribution in [0.15, 0.2) is 94.2 Å². The summed E-state index contributed by atoms with van der Waals surface area (Å²) in [5.41, 5.74) is 8.00. The number of ether oxygens (including phenoxy) is 1. The molecule has 0 saturated carbocycles. The van der Waals surface area contributed by atoms with Crippen LogP contribution >= 0.6 is 0 Å². The van der Waals surface area contributed by atoms with Crippen molar-refractivity contribution in [3.63, 3.8) is 0 Å². The van der Waals surface area contributed by atoms with E-state index in [1.165, 1.54) is 24.3 Å². The lowest BCUT2D eigenvalue weighted by atomic mass is 9.89. The first kappa shape index (κ1) is 21.9. The number of allylic oxidation sites excluding steroid dienone is 2. The highest BCUT2D eigenvalue weighted by atomic mass is 32.2. The highest BCUT2D eigenvalue weighted by Crippen LogP contribution is 2.45. The van der Waals surface area contributed by atoms with Gasteiger partial charge in [-0.2, -0.15) is 5.26 Å². The number of nitriles is 1. The number of benzene rings is 2. The van der Waals surface area contributed by atoms with E-state index in [-0.39, 0.29) is 27.8 Å². The summed E-state index contributed by atoms with van der Waals surface area (Å²) in [5, 5.41) is 21.0. The monoisotopic (exact) mass is 458 g/mol. The first-order chi connectivity index (χ1) is 15.9. The van der Waals surface area contributed by atoms with Crippen molar-refractivity contribution in [1.82, 2.24) is 4.98 Å². The maximum absolute atomic E-state index is 13.9. The molecule has 0 saturated heterocycles. The van der Waals surface area contributed by atoms with Crippen molar-refractivity contribution in [3.8, 4) is 6.07 Å². The second-order valence-electron chi connectivity index (χ2n) is 7.26. The first-order valence-electron chi connectivity index (χ1n) is 9.86. The Kier molecular flexibility index (Phi) is 6.02. The van der Waals surface area contributed by atoms with Gasteiger partial charge < -0.3 is 10.5 Å². The molecule has 1 aromatic heterocycles. The van der Waals surface area contributed by atoms with Crippen molar-refractivity contribution < 1.29 is 13.9 Å². The molecule has 0 fully saturated rings. The number of hydrogen-bond donors (Lipinski definition) is 1. The van der Waals surface area contributed by atoms with Gasteiger partial charge in [0, 0.05) is 23.2 Å². The molecule has 164 valence electrons. The highest BCUT2D eigenvalue weighted by Gasteiger charge is 2.37. The molecule has 33 heavy (non-hydrogen) atoms. The Bertz CT molecular complexity index is 1340. The number of nitro groups is 1. The van der Waals surface area contributed by atoms with Gasteiger partial charge >= 0.3 is 0 Å². The Morgan fingerprint density at radius 3 is 2.39 bits per heavy atom. The van der Waals surface area contributed by atoms with Crippen LogP contribution in [0.1, 0.15) is 22.7 Å². The predicted molar refractivity (Wildman–Crippen MR) is 122 cm³/mol. The Balaban J connectivity index is 1.97. The summed E-state index contributed by atoms with van der Waals surface area (Å²) in [6, 6.07) is 20.1. The topological polar surface area (TPSA) is 132 Å². The zero-order chi connectivity index (χ0) is 23.5. The summed E-state index contributed by atoms with van der Waals surface area (Å²) in [6.07, 6.45) is 1.57. The lowest BCUT2D eigenvalue weighted by Crippen LogP contribution is -2.23. The Labute approximate surface area is 192 Å². The number of non-ortho nitro benzene ring substituents is 1. The van der Waals surface area contributed by atoms with E-state index in [0.29, 0.717) is 16.2 Å². The maximum atomic E-state index is 13.9. The Morgan fingerprint density at radius 1 is 1.12 bits per heavy atom. The van der Waals surface area contributed by atoms with Gasteiger partial charge in [0.1, 0.15) is 17.3 Å². The number of nitrogens with two attached hydrogens (primary N) is 1. The Morgan fingerprint density at radius 2 is 1.82 bits per heavy atom. The van der Waals surface area contributed by atoms with Crippen LogP contribution in [0, 0.1) is 28.4 Å². The molecule has 2 atom stereocenters. The molecule has 2 heterocycles. The zero-order valence-electron chi connectivity index (χ0n) is 17.5. The number of aromatic nitrogens is 1. The largest absolute Gasteiger partial charge is 0.437 e. The molecule has 0 spiro atoms. The molecule has 3 aromatic rings. The average molecular weight is 458 g/mol. The molecule has 0 aliphatic carbocycles. The summed E-state index contributed by atoms with van der Waals surface area (Å²) in [6.45, 7) is 1.92. The summed E-state index contributed by atoms with van der Waals surface area (Å²) >= 11 is 0. The number of hydrogen-bond acceptors (Lipinski definition) is 7. The normalized spacial score (nSPS) is 16.7. The lowest BCUT2D eigenvalue weighted by Gasteiger charge is -2.28. The van der Waals surface area contributed by atoms with E-state index in [9.17, 15) is 19.6 Å². The Hall–Kier alpha value is -4.29. The fraction of sp³-hybridized carbons (Fsp3) is 0.0833. The van der Waals surface area contributed by atoms with Gasteiger partial charge in [0.25, 0.3) is 5.69 Å². The van der Waals surface area contributed by atoms with Gasteiger partial charge in [-0.05, 0) is 36.8 Å². The van der Waals surface area contributed by atoms with Crippen molar-refractivity contribution >= 4 is 22.2 Å². The summed E-state index contributed by atoms with van der Waals surface area (Å²) < 4.78 is 19.7. The van der Waals surface area contributed by atoms with Gasteiger partial charge in [-0.1, -0.05) is 35.9 Å². The van der Waals surface area contributed by atoms with Crippen LogP contribution in [0.25, 0.3) is 5.76 Å². The smallest absolute Gasteiger partial charge is 0.269 e. The van der Waals surface area contributed by atoms with Crippen molar-refractivity contribution in [3.05, 3.63) is 116 Å².